The third-order valence-electron chi connectivity index (χ3n) is 2.84. The number of rotatable bonds is 4. The second kappa shape index (κ2) is 4.09. The lowest BCUT2D eigenvalue weighted by Gasteiger charge is -2.26. The Balaban J connectivity index is 2.85. The van der Waals surface area contributed by atoms with Crippen LogP contribution in [0, 0.1) is 0 Å². The highest BCUT2D eigenvalue weighted by Gasteiger charge is 2.36. The Morgan fingerprint density at radius 1 is 1.57 bits per heavy atom. The van der Waals surface area contributed by atoms with Crippen LogP contribution in [0.15, 0.2) is 4.99 Å². The summed E-state index contributed by atoms with van der Waals surface area (Å²) in [6.45, 7) is 5.90. The molecule has 80 valence electrons. The van der Waals surface area contributed by atoms with Crippen molar-refractivity contribution in [3.8, 4) is 0 Å². The summed E-state index contributed by atoms with van der Waals surface area (Å²) < 4.78 is 5.37. The Morgan fingerprint density at radius 3 is 2.57 bits per heavy atom. The third-order valence-corrected chi connectivity index (χ3v) is 2.84. The van der Waals surface area contributed by atoms with Crippen molar-refractivity contribution in [3.05, 3.63) is 0 Å². The van der Waals surface area contributed by atoms with Gasteiger partial charge in [-0.25, -0.2) is 0 Å². The first kappa shape index (κ1) is 11.2. The molecule has 0 bridgehead atoms. The minimum atomic E-state index is -0.459. The van der Waals surface area contributed by atoms with E-state index in [-0.39, 0.29) is 11.9 Å². The Labute approximate surface area is 84.7 Å². The monoisotopic (exact) mass is 198 g/mol. The lowest BCUT2D eigenvalue weighted by atomic mass is 10.0. The number of carbonyl (C=O) groups is 1. The molecule has 1 heterocycles. The van der Waals surface area contributed by atoms with E-state index in [4.69, 9.17) is 4.74 Å². The van der Waals surface area contributed by atoms with Crippen molar-refractivity contribution in [1.82, 2.24) is 5.32 Å². The summed E-state index contributed by atoms with van der Waals surface area (Å²) in [6.07, 6.45) is 1.53. The SMILES string of the molecule is CCC1N=C(C(C)(CC)OC)NC1=O. The van der Waals surface area contributed by atoms with Gasteiger partial charge < -0.3 is 10.1 Å². The summed E-state index contributed by atoms with van der Waals surface area (Å²) in [5.74, 6) is 0.651. The van der Waals surface area contributed by atoms with E-state index in [9.17, 15) is 4.79 Å². The van der Waals surface area contributed by atoms with Crippen molar-refractivity contribution in [2.75, 3.05) is 7.11 Å². The van der Waals surface area contributed by atoms with Crippen molar-refractivity contribution in [3.63, 3.8) is 0 Å². The molecule has 14 heavy (non-hydrogen) atoms. The molecule has 0 aromatic carbocycles. The molecule has 0 aromatic heterocycles. The summed E-state index contributed by atoms with van der Waals surface area (Å²) in [5.41, 5.74) is -0.459. The van der Waals surface area contributed by atoms with E-state index in [2.05, 4.69) is 10.3 Å². The van der Waals surface area contributed by atoms with Gasteiger partial charge in [0.05, 0.1) is 0 Å². The highest BCUT2D eigenvalue weighted by Crippen LogP contribution is 2.19. The first-order chi connectivity index (χ1) is 6.57. The maximum absolute atomic E-state index is 11.4. The van der Waals surface area contributed by atoms with E-state index < -0.39 is 5.60 Å². The second-order valence-electron chi connectivity index (χ2n) is 3.68. The van der Waals surface area contributed by atoms with Crippen molar-refractivity contribution in [2.24, 2.45) is 4.99 Å². The minimum absolute atomic E-state index is 0.0146. The number of aliphatic imine (C=N–C) groups is 1. The van der Waals surface area contributed by atoms with Crippen LogP contribution in [0.2, 0.25) is 0 Å². The molecule has 0 spiro atoms. The average Bonchev–Trinajstić information content (AvgIpc) is 2.59. The van der Waals surface area contributed by atoms with E-state index >= 15 is 0 Å². The maximum Gasteiger partial charge on any atom is 0.250 e. The number of methoxy groups -OCH3 is 1. The van der Waals surface area contributed by atoms with Gasteiger partial charge in [-0.1, -0.05) is 13.8 Å². The van der Waals surface area contributed by atoms with Gasteiger partial charge in [-0.15, -0.1) is 0 Å². The third kappa shape index (κ3) is 1.80. The van der Waals surface area contributed by atoms with E-state index in [0.717, 1.165) is 12.8 Å². The number of hydrogen-bond acceptors (Lipinski definition) is 3. The predicted molar refractivity (Wildman–Crippen MR) is 55.4 cm³/mol. The van der Waals surface area contributed by atoms with Gasteiger partial charge >= 0.3 is 0 Å². The van der Waals surface area contributed by atoms with Crippen molar-refractivity contribution < 1.29 is 9.53 Å². The van der Waals surface area contributed by atoms with Gasteiger partial charge in [-0.3, -0.25) is 9.79 Å². The molecule has 1 amide bonds. The minimum Gasteiger partial charge on any atom is -0.371 e. The van der Waals surface area contributed by atoms with E-state index in [1.165, 1.54) is 0 Å². The van der Waals surface area contributed by atoms with Crippen LogP contribution < -0.4 is 5.32 Å². The molecule has 1 rings (SSSR count). The smallest absolute Gasteiger partial charge is 0.250 e. The lowest BCUT2D eigenvalue weighted by molar-refractivity contribution is -0.120. The molecule has 4 heteroatoms. The molecular weight excluding hydrogens is 180 g/mol. The summed E-state index contributed by atoms with van der Waals surface area (Å²) >= 11 is 0. The van der Waals surface area contributed by atoms with Gasteiger partial charge in [0.25, 0.3) is 0 Å². The molecule has 1 N–H and O–H groups in total. The fraction of sp³-hybridized carbons (Fsp3) is 0.800. The average molecular weight is 198 g/mol. The zero-order valence-electron chi connectivity index (χ0n) is 9.26. The highest BCUT2D eigenvalue weighted by molar-refractivity contribution is 6.09. The molecular formula is C10H18N2O2. The van der Waals surface area contributed by atoms with Crippen molar-refractivity contribution >= 4 is 11.7 Å². The first-order valence-corrected chi connectivity index (χ1v) is 5.01. The van der Waals surface area contributed by atoms with Crippen LogP contribution >= 0.6 is 0 Å². The van der Waals surface area contributed by atoms with Gasteiger partial charge in [0.15, 0.2) is 0 Å². The fourth-order valence-electron chi connectivity index (χ4n) is 1.40. The predicted octanol–water partition coefficient (Wildman–Crippen LogP) is 1.11. The largest absolute Gasteiger partial charge is 0.371 e. The number of amidine groups is 1. The Hall–Kier alpha value is -0.900. The number of nitrogens with one attached hydrogen (secondary N) is 1. The summed E-state index contributed by atoms with van der Waals surface area (Å²) in [4.78, 5) is 15.7. The van der Waals surface area contributed by atoms with Crippen LogP contribution in [0.3, 0.4) is 0 Å². The zero-order chi connectivity index (χ0) is 10.8. The second-order valence-corrected chi connectivity index (χ2v) is 3.68. The standard InChI is InChI=1S/C10H18N2O2/c1-5-7-8(13)12-9(11-7)10(3,6-2)14-4/h7H,5-6H2,1-4H3,(H,11,12,13). The number of amides is 1. The molecule has 4 nitrogen and oxygen atoms in total. The van der Waals surface area contributed by atoms with Gasteiger partial charge in [0.1, 0.15) is 17.5 Å². The van der Waals surface area contributed by atoms with E-state index in [1.807, 2.05) is 20.8 Å². The van der Waals surface area contributed by atoms with Gasteiger partial charge in [0.2, 0.25) is 5.91 Å². The normalized spacial score (nSPS) is 25.6. The molecule has 1 aliphatic heterocycles. The highest BCUT2D eigenvalue weighted by atomic mass is 16.5. The molecule has 0 fully saturated rings. The van der Waals surface area contributed by atoms with Gasteiger partial charge in [0, 0.05) is 7.11 Å². The van der Waals surface area contributed by atoms with Crippen LogP contribution in [-0.2, 0) is 9.53 Å². The quantitative estimate of drug-likeness (QED) is 0.735. The van der Waals surface area contributed by atoms with Gasteiger partial charge in [-0.05, 0) is 19.8 Å². The Kier molecular flexibility index (Phi) is 3.26. The van der Waals surface area contributed by atoms with Gasteiger partial charge in [-0.2, -0.15) is 0 Å². The Bertz CT molecular complexity index is 257. The number of hydrogen-bond donors (Lipinski definition) is 1. The number of carbonyl (C=O) groups excluding carboxylic acids is 1. The summed E-state index contributed by atoms with van der Waals surface area (Å²) in [6, 6.07) is -0.231. The lowest BCUT2D eigenvalue weighted by Crippen LogP contribution is -2.45. The van der Waals surface area contributed by atoms with Crippen molar-refractivity contribution in [1.29, 1.82) is 0 Å². The Morgan fingerprint density at radius 2 is 2.21 bits per heavy atom. The fourth-order valence-corrected chi connectivity index (χ4v) is 1.40. The molecule has 0 saturated heterocycles. The maximum atomic E-state index is 11.4. The molecule has 2 unspecified atom stereocenters. The summed E-state index contributed by atoms with van der Waals surface area (Å²) in [5, 5.41) is 2.78. The zero-order valence-corrected chi connectivity index (χ0v) is 9.26. The van der Waals surface area contributed by atoms with E-state index in [0.29, 0.717) is 5.84 Å². The van der Waals surface area contributed by atoms with Crippen LogP contribution in [0.4, 0.5) is 0 Å². The summed E-state index contributed by atoms with van der Waals surface area (Å²) in [7, 11) is 1.64. The van der Waals surface area contributed by atoms with Crippen LogP contribution in [-0.4, -0.2) is 30.5 Å². The van der Waals surface area contributed by atoms with E-state index in [1.54, 1.807) is 7.11 Å². The van der Waals surface area contributed by atoms with Crippen LogP contribution in [0.25, 0.3) is 0 Å². The topological polar surface area (TPSA) is 50.7 Å². The van der Waals surface area contributed by atoms with Crippen molar-refractivity contribution in [2.45, 2.75) is 45.3 Å². The molecule has 0 radical (unpaired) electrons. The molecule has 0 aliphatic carbocycles. The molecule has 1 aliphatic rings. The number of ether oxygens (including phenoxy) is 1. The molecule has 0 saturated carbocycles. The van der Waals surface area contributed by atoms with Crippen LogP contribution in [0.1, 0.15) is 33.6 Å². The molecule has 2 atom stereocenters. The number of nitrogens with zero attached hydrogens (tertiary/aromatic N) is 1. The molecule has 0 aromatic rings. The first-order valence-electron chi connectivity index (χ1n) is 5.01. The van der Waals surface area contributed by atoms with Crippen LogP contribution in [0.5, 0.6) is 0 Å².